The highest BCUT2D eigenvalue weighted by Gasteiger charge is 2.34. The molecule has 1 aliphatic heterocycles. The maximum absolute atomic E-state index is 12.2. The van der Waals surface area contributed by atoms with Crippen LogP contribution in [0.25, 0.3) is 0 Å². The minimum Gasteiger partial charge on any atom is -0.538 e. The first-order valence-electron chi connectivity index (χ1n) is 8.00. The van der Waals surface area contributed by atoms with E-state index < -0.39 is 8.32 Å². The number of morpholine rings is 1. The number of carbonyl (C=O) groups excluding carboxylic acids is 1. The Bertz CT molecular complexity index is 341. The van der Waals surface area contributed by atoms with Crippen LogP contribution in [0.2, 0.25) is 18.1 Å². The van der Waals surface area contributed by atoms with Crippen molar-refractivity contribution in [3.63, 3.8) is 0 Å². The summed E-state index contributed by atoms with van der Waals surface area (Å²) < 4.78 is 16.7. The summed E-state index contributed by atoms with van der Waals surface area (Å²) in [5.74, 6) is 0.0205. The largest absolute Gasteiger partial charge is 0.538 e. The molecule has 1 aliphatic rings. The standard InChI is InChI=1S/C15H29NO4Si/c1-5-19-15(17)14(13-16-9-11-18-12-10-16)20-21(6-2,7-3)8-4/h13H,5-12H2,1-4H3/b14-13-. The van der Waals surface area contributed by atoms with Gasteiger partial charge in [-0.05, 0) is 25.1 Å². The number of nitrogens with zero attached hydrogens (tertiary/aromatic N) is 1. The van der Waals surface area contributed by atoms with E-state index in [4.69, 9.17) is 13.9 Å². The Morgan fingerprint density at radius 3 is 2.19 bits per heavy atom. The van der Waals surface area contributed by atoms with E-state index in [0.29, 0.717) is 25.6 Å². The molecule has 1 rings (SSSR count). The average Bonchev–Trinajstić information content (AvgIpc) is 2.53. The third kappa shape index (κ3) is 5.35. The van der Waals surface area contributed by atoms with Gasteiger partial charge in [0, 0.05) is 19.3 Å². The molecule has 0 atom stereocenters. The second-order valence-corrected chi connectivity index (χ2v) is 9.90. The molecule has 0 aromatic heterocycles. The van der Waals surface area contributed by atoms with Crippen molar-refractivity contribution in [3.05, 3.63) is 12.0 Å². The fraction of sp³-hybridized carbons (Fsp3) is 0.800. The van der Waals surface area contributed by atoms with Crippen molar-refractivity contribution in [3.8, 4) is 0 Å². The van der Waals surface area contributed by atoms with Crippen molar-refractivity contribution in [2.45, 2.75) is 45.8 Å². The first kappa shape index (κ1) is 18.0. The fourth-order valence-corrected chi connectivity index (χ4v) is 4.93. The number of carbonyl (C=O) groups is 1. The van der Waals surface area contributed by atoms with Gasteiger partial charge in [-0.25, -0.2) is 4.79 Å². The molecule has 0 amide bonds. The first-order chi connectivity index (χ1) is 10.1. The Kier molecular flexibility index (Phi) is 7.81. The van der Waals surface area contributed by atoms with Crippen LogP contribution in [0.15, 0.2) is 12.0 Å². The van der Waals surface area contributed by atoms with Gasteiger partial charge in [-0.2, -0.15) is 0 Å². The molecule has 0 radical (unpaired) electrons. The Morgan fingerprint density at radius 1 is 1.14 bits per heavy atom. The van der Waals surface area contributed by atoms with E-state index in [9.17, 15) is 4.79 Å². The Balaban J connectivity index is 2.90. The predicted octanol–water partition coefficient (Wildman–Crippen LogP) is 2.74. The molecule has 0 aliphatic carbocycles. The molecule has 122 valence electrons. The lowest BCUT2D eigenvalue weighted by Gasteiger charge is -2.31. The van der Waals surface area contributed by atoms with Gasteiger partial charge in [0.05, 0.1) is 19.8 Å². The molecule has 1 fully saturated rings. The summed E-state index contributed by atoms with van der Waals surface area (Å²) in [6, 6.07) is 3.00. The highest BCUT2D eigenvalue weighted by Crippen LogP contribution is 2.25. The van der Waals surface area contributed by atoms with E-state index in [1.54, 1.807) is 0 Å². The van der Waals surface area contributed by atoms with Crippen molar-refractivity contribution in [2.24, 2.45) is 0 Å². The summed E-state index contributed by atoms with van der Waals surface area (Å²) in [5.41, 5.74) is 0. The predicted molar refractivity (Wildman–Crippen MR) is 85.4 cm³/mol. The van der Waals surface area contributed by atoms with E-state index in [1.165, 1.54) is 0 Å². The van der Waals surface area contributed by atoms with Gasteiger partial charge in [0.15, 0.2) is 0 Å². The van der Waals surface area contributed by atoms with Crippen molar-refractivity contribution in [2.75, 3.05) is 32.9 Å². The number of esters is 1. The zero-order valence-electron chi connectivity index (χ0n) is 13.8. The zero-order valence-corrected chi connectivity index (χ0v) is 14.8. The van der Waals surface area contributed by atoms with E-state index in [2.05, 4.69) is 25.7 Å². The van der Waals surface area contributed by atoms with Gasteiger partial charge in [0.1, 0.15) is 0 Å². The third-order valence-corrected chi connectivity index (χ3v) is 8.60. The van der Waals surface area contributed by atoms with Crippen molar-refractivity contribution in [1.82, 2.24) is 4.90 Å². The second kappa shape index (κ2) is 9.10. The lowest BCUT2D eigenvalue weighted by molar-refractivity contribution is -0.141. The van der Waals surface area contributed by atoms with Crippen LogP contribution in [0.3, 0.4) is 0 Å². The van der Waals surface area contributed by atoms with E-state index in [0.717, 1.165) is 31.2 Å². The minimum absolute atomic E-state index is 0.351. The summed E-state index contributed by atoms with van der Waals surface area (Å²) in [6.45, 7) is 11.6. The van der Waals surface area contributed by atoms with Gasteiger partial charge >= 0.3 is 5.97 Å². The summed E-state index contributed by atoms with van der Waals surface area (Å²) in [6.07, 6.45) is 1.82. The molecule has 1 heterocycles. The van der Waals surface area contributed by atoms with Crippen LogP contribution in [0.1, 0.15) is 27.7 Å². The van der Waals surface area contributed by atoms with Crippen LogP contribution in [0.5, 0.6) is 0 Å². The number of hydrogen-bond donors (Lipinski definition) is 0. The Labute approximate surface area is 129 Å². The summed E-state index contributed by atoms with van der Waals surface area (Å²) in [4.78, 5) is 14.3. The maximum Gasteiger partial charge on any atom is 0.373 e. The van der Waals surface area contributed by atoms with Crippen molar-refractivity contribution < 1.29 is 18.7 Å². The molecule has 0 saturated carbocycles. The first-order valence-corrected chi connectivity index (χ1v) is 10.5. The number of hydrogen-bond acceptors (Lipinski definition) is 5. The Morgan fingerprint density at radius 2 is 1.71 bits per heavy atom. The third-order valence-electron chi connectivity index (χ3n) is 4.08. The topological polar surface area (TPSA) is 48.0 Å². The maximum atomic E-state index is 12.2. The van der Waals surface area contributed by atoms with Crippen LogP contribution in [-0.2, 0) is 18.7 Å². The van der Waals surface area contributed by atoms with Gasteiger partial charge in [-0.1, -0.05) is 20.8 Å². The molecule has 0 unspecified atom stereocenters. The molecule has 0 aromatic rings. The monoisotopic (exact) mass is 315 g/mol. The summed E-state index contributed by atoms with van der Waals surface area (Å²) in [7, 11) is -1.88. The molecule has 21 heavy (non-hydrogen) atoms. The van der Waals surface area contributed by atoms with Gasteiger partial charge in [-0.15, -0.1) is 0 Å². The average molecular weight is 315 g/mol. The van der Waals surface area contributed by atoms with Crippen molar-refractivity contribution in [1.29, 1.82) is 0 Å². The quantitative estimate of drug-likeness (QED) is 0.298. The second-order valence-electron chi connectivity index (χ2n) is 5.21. The minimum atomic E-state index is -1.88. The van der Waals surface area contributed by atoms with Crippen LogP contribution in [0.4, 0.5) is 0 Å². The molecule has 0 spiro atoms. The lowest BCUT2D eigenvalue weighted by Crippen LogP contribution is -2.39. The molecule has 0 bridgehead atoms. The number of rotatable bonds is 8. The molecular formula is C15H29NO4Si. The normalized spacial score (nSPS) is 16.8. The van der Waals surface area contributed by atoms with Gasteiger partial charge in [-0.3, -0.25) is 0 Å². The van der Waals surface area contributed by atoms with Crippen LogP contribution < -0.4 is 0 Å². The smallest absolute Gasteiger partial charge is 0.373 e. The molecule has 0 aromatic carbocycles. The molecule has 0 N–H and O–H groups in total. The van der Waals surface area contributed by atoms with Crippen LogP contribution >= 0.6 is 0 Å². The highest BCUT2D eigenvalue weighted by molar-refractivity contribution is 6.74. The summed E-state index contributed by atoms with van der Waals surface area (Å²) in [5, 5.41) is 0. The van der Waals surface area contributed by atoms with E-state index in [-0.39, 0.29) is 5.97 Å². The Hall–Kier alpha value is -1.01. The van der Waals surface area contributed by atoms with E-state index in [1.807, 2.05) is 13.1 Å². The highest BCUT2D eigenvalue weighted by atomic mass is 28.4. The lowest BCUT2D eigenvalue weighted by atomic mass is 10.4. The fourth-order valence-electron chi connectivity index (χ4n) is 2.40. The van der Waals surface area contributed by atoms with Gasteiger partial charge in [0.2, 0.25) is 5.76 Å². The van der Waals surface area contributed by atoms with Crippen LogP contribution in [-0.4, -0.2) is 52.1 Å². The number of ether oxygens (including phenoxy) is 2. The molecule has 6 heteroatoms. The van der Waals surface area contributed by atoms with Gasteiger partial charge < -0.3 is 18.8 Å². The zero-order chi connectivity index (χ0) is 15.7. The molecular weight excluding hydrogens is 286 g/mol. The van der Waals surface area contributed by atoms with E-state index >= 15 is 0 Å². The molecule has 5 nitrogen and oxygen atoms in total. The SMILES string of the molecule is CCOC(=O)/C(=C/N1CCOCC1)O[Si](CC)(CC)CC. The van der Waals surface area contributed by atoms with Gasteiger partial charge in [0.25, 0.3) is 8.32 Å². The molecule has 1 saturated heterocycles. The summed E-state index contributed by atoms with van der Waals surface area (Å²) >= 11 is 0. The van der Waals surface area contributed by atoms with Crippen LogP contribution in [0, 0.1) is 0 Å². The van der Waals surface area contributed by atoms with Crippen molar-refractivity contribution >= 4 is 14.3 Å².